The van der Waals surface area contributed by atoms with Crippen molar-refractivity contribution in [1.82, 2.24) is 14.7 Å². The molecule has 0 spiro atoms. The molecule has 3 N–H and O–H groups in total. The molecule has 0 saturated carbocycles. The third kappa shape index (κ3) is 3.68. The highest BCUT2D eigenvalue weighted by Gasteiger charge is 2.13. The number of aliphatic hydroxyl groups is 1. The Morgan fingerprint density at radius 1 is 1.30 bits per heavy atom. The van der Waals surface area contributed by atoms with Gasteiger partial charge >= 0.3 is 0 Å². The molecule has 2 rings (SSSR count). The van der Waals surface area contributed by atoms with Gasteiger partial charge in [-0.3, -0.25) is 0 Å². The average molecular weight is 291 g/mol. The third-order valence-electron chi connectivity index (χ3n) is 2.48. The number of nitrogens with one attached hydrogen (secondary N) is 2. The number of rotatable bonds is 4. The quantitative estimate of drug-likeness (QED) is 0.703. The fourth-order valence-corrected chi connectivity index (χ4v) is 2.50. The van der Waals surface area contributed by atoms with Crippen molar-refractivity contribution in [2.75, 3.05) is 6.61 Å². The van der Waals surface area contributed by atoms with Crippen LogP contribution in [0.15, 0.2) is 41.7 Å². The molecule has 0 unspecified atom stereocenters. The van der Waals surface area contributed by atoms with Crippen LogP contribution < -0.4 is 4.72 Å². The van der Waals surface area contributed by atoms with E-state index in [0.29, 0.717) is 11.3 Å². The monoisotopic (exact) mass is 291 g/mol. The predicted molar refractivity (Wildman–Crippen MR) is 73.0 cm³/mol. The van der Waals surface area contributed by atoms with E-state index in [4.69, 9.17) is 5.11 Å². The summed E-state index contributed by atoms with van der Waals surface area (Å²) in [6.07, 6.45) is 3.04. The molecule has 2 aromatic rings. The molecule has 0 bridgehead atoms. The fourth-order valence-electron chi connectivity index (χ4n) is 1.50. The topological polar surface area (TPSA) is 95.1 Å². The van der Waals surface area contributed by atoms with Gasteiger partial charge in [-0.2, -0.15) is 0 Å². The summed E-state index contributed by atoms with van der Waals surface area (Å²) in [5.74, 6) is 5.19. The number of aromatic amines is 1. The van der Waals surface area contributed by atoms with Gasteiger partial charge in [-0.25, -0.2) is 18.1 Å². The van der Waals surface area contributed by atoms with Gasteiger partial charge in [0, 0.05) is 17.5 Å². The number of nitrogens with zero attached hydrogens (tertiary/aromatic N) is 1. The molecule has 1 heterocycles. The van der Waals surface area contributed by atoms with E-state index in [-0.39, 0.29) is 18.0 Å². The van der Waals surface area contributed by atoms with Gasteiger partial charge in [0.1, 0.15) is 6.61 Å². The molecule has 1 aromatic heterocycles. The number of sulfonamides is 1. The minimum atomic E-state index is -3.57. The van der Waals surface area contributed by atoms with E-state index >= 15 is 0 Å². The minimum absolute atomic E-state index is 0.147. The van der Waals surface area contributed by atoms with Crippen molar-refractivity contribution in [2.24, 2.45) is 0 Å². The van der Waals surface area contributed by atoms with Gasteiger partial charge in [-0.15, -0.1) is 0 Å². The lowest BCUT2D eigenvalue weighted by Gasteiger charge is -2.05. The van der Waals surface area contributed by atoms with Gasteiger partial charge in [-0.05, 0) is 24.3 Å². The van der Waals surface area contributed by atoms with E-state index in [9.17, 15) is 8.42 Å². The molecule has 20 heavy (non-hydrogen) atoms. The predicted octanol–water partition coefficient (Wildman–Crippen LogP) is 0.232. The maximum Gasteiger partial charge on any atom is 0.240 e. The summed E-state index contributed by atoms with van der Waals surface area (Å²) >= 11 is 0. The highest BCUT2D eigenvalue weighted by Crippen LogP contribution is 2.10. The molecule has 0 amide bonds. The summed E-state index contributed by atoms with van der Waals surface area (Å²) in [7, 11) is -3.57. The van der Waals surface area contributed by atoms with Gasteiger partial charge in [0.05, 0.1) is 17.8 Å². The van der Waals surface area contributed by atoms with Crippen molar-refractivity contribution < 1.29 is 13.5 Å². The molecule has 0 saturated heterocycles. The number of aromatic nitrogens is 2. The van der Waals surface area contributed by atoms with Crippen LogP contribution in [-0.4, -0.2) is 30.1 Å². The number of aliphatic hydroxyl groups excluding tert-OH is 1. The van der Waals surface area contributed by atoms with E-state index in [1.165, 1.54) is 18.5 Å². The number of H-pyrrole nitrogens is 1. The molecule has 0 aliphatic heterocycles. The average Bonchev–Trinajstić information content (AvgIpc) is 2.97. The summed E-state index contributed by atoms with van der Waals surface area (Å²) in [5.41, 5.74) is 1.32. The van der Waals surface area contributed by atoms with Crippen molar-refractivity contribution in [3.05, 3.63) is 48.0 Å². The largest absolute Gasteiger partial charge is 0.384 e. The van der Waals surface area contributed by atoms with E-state index < -0.39 is 10.0 Å². The first kappa shape index (κ1) is 14.3. The van der Waals surface area contributed by atoms with Crippen LogP contribution in [0.1, 0.15) is 11.3 Å². The van der Waals surface area contributed by atoms with Crippen molar-refractivity contribution in [3.8, 4) is 11.8 Å². The van der Waals surface area contributed by atoms with Crippen LogP contribution in [0.3, 0.4) is 0 Å². The van der Waals surface area contributed by atoms with Crippen molar-refractivity contribution in [1.29, 1.82) is 0 Å². The first-order valence-electron chi connectivity index (χ1n) is 5.78. The normalized spacial score (nSPS) is 10.8. The zero-order chi connectivity index (χ0) is 14.4. The van der Waals surface area contributed by atoms with Crippen LogP contribution in [0, 0.1) is 11.8 Å². The van der Waals surface area contributed by atoms with E-state index in [2.05, 4.69) is 26.5 Å². The first-order chi connectivity index (χ1) is 9.62. The van der Waals surface area contributed by atoms with Gasteiger partial charge in [-0.1, -0.05) is 11.8 Å². The molecule has 0 fully saturated rings. The standard InChI is InChI=1S/C13H13N3O3S/c17-7-1-2-11-3-5-13(6-4-11)20(18,19)16-9-12-8-14-10-15-12/h3-6,8,10,16-17H,7,9H2,(H,14,15). The minimum Gasteiger partial charge on any atom is -0.384 e. The number of benzene rings is 1. The Morgan fingerprint density at radius 2 is 2.05 bits per heavy atom. The van der Waals surface area contributed by atoms with Crippen LogP contribution in [0.5, 0.6) is 0 Å². The first-order valence-corrected chi connectivity index (χ1v) is 7.27. The number of hydrogen-bond donors (Lipinski definition) is 3. The smallest absolute Gasteiger partial charge is 0.240 e. The molecule has 0 aliphatic carbocycles. The maximum atomic E-state index is 12.0. The Labute approximate surface area is 116 Å². The van der Waals surface area contributed by atoms with Gasteiger partial charge in [0.25, 0.3) is 0 Å². The summed E-state index contributed by atoms with van der Waals surface area (Å²) < 4.78 is 26.5. The lowest BCUT2D eigenvalue weighted by Crippen LogP contribution is -2.23. The zero-order valence-corrected chi connectivity index (χ0v) is 11.3. The Kier molecular flexibility index (Phi) is 4.53. The van der Waals surface area contributed by atoms with Gasteiger partial charge < -0.3 is 10.1 Å². The van der Waals surface area contributed by atoms with Crippen LogP contribution in [-0.2, 0) is 16.6 Å². The Hall–Kier alpha value is -2.14. The Morgan fingerprint density at radius 3 is 2.65 bits per heavy atom. The van der Waals surface area contributed by atoms with Crippen molar-refractivity contribution in [2.45, 2.75) is 11.4 Å². The van der Waals surface area contributed by atoms with Crippen LogP contribution in [0.4, 0.5) is 0 Å². The highest BCUT2D eigenvalue weighted by atomic mass is 32.2. The maximum absolute atomic E-state index is 12.0. The van der Waals surface area contributed by atoms with Crippen LogP contribution in [0.25, 0.3) is 0 Å². The molecule has 1 aromatic carbocycles. The van der Waals surface area contributed by atoms with E-state index in [0.717, 1.165) is 0 Å². The van der Waals surface area contributed by atoms with Crippen LogP contribution >= 0.6 is 0 Å². The highest BCUT2D eigenvalue weighted by molar-refractivity contribution is 7.89. The van der Waals surface area contributed by atoms with E-state index in [1.54, 1.807) is 18.3 Å². The van der Waals surface area contributed by atoms with Gasteiger partial charge in [0.15, 0.2) is 0 Å². The fraction of sp³-hybridized carbons (Fsp3) is 0.154. The van der Waals surface area contributed by atoms with Crippen molar-refractivity contribution in [3.63, 3.8) is 0 Å². The SMILES string of the molecule is O=S(=O)(NCc1cnc[nH]1)c1ccc(C#CCO)cc1. The Bertz CT molecular complexity index is 710. The molecule has 104 valence electrons. The van der Waals surface area contributed by atoms with Crippen LogP contribution in [0.2, 0.25) is 0 Å². The van der Waals surface area contributed by atoms with E-state index in [1.807, 2.05) is 0 Å². The molecule has 0 aliphatic rings. The molecule has 7 heteroatoms. The van der Waals surface area contributed by atoms with Crippen molar-refractivity contribution >= 4 is 10.0 Å². The second-order valence-corrected chi connectivity index (χ2v) is 5.65. The lowest BCUT2D eigenvalue weighted by molar-refractivity contribution is 0.350. The molecular weight excluding hydrogens is 278 g/mol. The number of imidazole rings is 1. The zero-order valence-electron chi connectivity index (χ0n) is 10.5. The summed E-state index contributed by atoms with van der Waals surface area (Å²) in [5, 5.41) is 8.58. The van der Waals surface area contributed by atoms with Gasteiger partial charge in [0.2, 0.25) is 10.0 Å². The molecule has 0 atom stereocenters. The molecule has 6 nitrogen and oxygen atoms in total. The Balaban J connectivity index is 2.09. The summed E-state index contributed by atoms with van der Waals surface area (Å²) in [4.78, 5) is 6.78. The third-order valence-corrected chi connectivity index (χ3v) is 3.90. The second kappa shape index (κ2) is 6.34. The summed E-state index contributed by atoms with van der Waals surface area (Å²) in [6.45, 7) is -0.0831. The summed E-state index contributed by atoms with van der Waals surface area (Å²) in [6, 6.07) is 6.12. The molecule has 0 radical (unpaired) electrons. The molecular formula is C13H13N3O3S. The lowest BCUT2D eigenvalue weighted by atomic mass is 10.2. The second-order valence-electron chi connectivity index (χ2n) is 3.89. The number of hydrogen-bond acceptors (Lipinski definition) is 4.